The maximum atomic E-state index is 12.2. The monoisotopic (exact) mass is 243 g/mol. The fourth-order valence-electron chi connectivity index (χ4n) is 3.31. The molecule has 0 aliphatic heterocycles. The van der Waals surface area contributed by atoms with Gasteiger partial charge >= 0.3 is 0 Å². The number of hydrogen-bond donors (Lipinski definition) is 0. The van der Waals surface area contributed by atoms with E-state index in [9.17, 15) is 4.79 Å². The first kappa shape index (κ1) is 12.2. The Morgan fingerprint density at radius 3 is 2.69 bits per heavy atom. The minimum absolute atomic E-state index is 0.162. The van der Waals surface area contributed by atoms with Crippen LogP contribution in [0.15, 0.2) is 0 Å². The Hall–Kier alpha value is -0.240. The molecule has 2 bridgehead atoms. The molecule has 0 aromatic rings. The van der Waals surface area contributed by atoms with Crippen molar-refractivity contribution in [1.29, 1.82) is 0 Å². The summed E-state index contributed by atoms with van der Waals surface area (Å²) in [5, 5.41) is 0.162. The Kier molecular flexibility index (Phi) is 3.78. The van der Waals surface area contributed by atoms with Crippen LogP contribution >= 0.6 is 11.6 Å². The zero-order valence-corrected chi connectivity index (χ0v) is 11.0. The Labute approximate surface area is 103 Å². The average Bonchev–Trinajstić information content (AvgIpc) is 2.86. The molecule has 92 valence electrons. The molecule has 0 radical (unpaired) electrons. The van der Waals surface area contributed by atoms with Crippen molar-refractivity contribution < 1.29 is 4.79 Å². The maximum absolute atomic E-state index is 12.2. The lowest BCUT2D eigenvalue weighted by Crippen LogP contribution is -2.36. The van der Waals surface area contributed by atoms with Crippen LogP contribution in [0.4, 0.5) is 0 Å². The number of halogens is 1. The summed E-state index contributed by atoms with van der Waals surface area (Å²) in [6.45, 7) is 2.79. The van der Waals surface area contributed by atoms with Crippen molar-refractivity contribution in [1.82, 2.24) is 4.90 Å². The number of alkyl halides is 1. The molecule has 1 amide bonds. The predicted molar refractivity (Wildman–Crippen MR) is 66.5 cm³/mol. The summed E-state index contributed by atoms with van der Waals surface area (Å²) in [7, 11) is 1.92. The minimum atomic E-state index is 0.162. The van der Waals surface area contributed by atoms with Gasteiger partial charge in [-0.05, 0) is 44.4 Å². The summed E-state index contributed by atoms with van der Waals surface area (Å²) in [5.41, 5.74) is 0. The van der Waals surface area contributed by atoms with Crippen molar-refractivity contribution in [3.05, 3.63) is 0 Å². The summed E-state index contributed by atoms with van der Waals surface area (Å²) in [5.74, 6) is 2.23. The highest BCUT2D eigenvalue weighted by Crippen LogP contribution is 2.48. The van der Waals surface area contributed by atoms with E-state index in [1.54, 1.807) is 0 Å². The van der Waals surface area contributed by atoms with Gasteiger partial charge in [-0.15, -0.1) is 11.6 Å². The quantitative estimate of drug-likeness (QED) is 0.696. The number of rotatable bonds is 4. The van der Waals surface area contributed by atoms with E-state index in [1.807, 2.05) is 18.9 Å². The van der Waals surface area contributed by atoms with Crippen LogP contribution in [0.25, 0.3) is 0 Å². The van der Waals surface area contributed by atoms with Crippen LogP contribution < -0.4 is 0 Å². The summed E-state index contributed by atoms with van der Waals surface area (Å²) < 4.78 is 0. The third-order valence-electron chi connectivity index (χ3n) is 4.29. The molecule has 0 N–H and O–H groups in total. The second-order valence-electron chi connectivity index (χ2n) is 5.61. The van der Waals surface area contributed by atoms with Gasteiger partial charge in [0.1, 0.15) is 0 Å². The number of carbonyl (C=O) groups is 1. The van der Waals surface area contributed by atoms with Crippen LogP contribution in [-0.4, -0.2) is 29.8 Å². The predicted octanol–water partition coefficient (Wildman–Crippen LogP) is 2.90. The van der Waals surface area contributed by atoms with Gasteiger partial charge in [-0.25, -0.2) is 0 Å². The Morgan fingerprint density at radius 1 is 1.44 bits per heavy atom. The molecule has 0 heterocycles. The molecule has 4 unspecified atom stereocenters. The molecular formula is C13H22ClNO. The highest BCUT2D eigenvalue weighted by Gasteiger charge is 2.43. The van der Waals surface area contributed by atoms with E-state index in [0.29, 0.717) is 17.7 Å². The SMILES string of the molecule is CC(Cl)CCN(C)C(=O)C1CC2CCC1C2. The van der Waals surface area contributed by atoms with Gasteiger partial charge in [0.2, 0.25) is 5.91 Å². The largest absolute Gasteiger partial charge is 0.345 e. The Morgan fingerprint density at radius 2 is 2.19 bits per heavy atom. The molecule has 2 aliphatic rings. The topological polar surface area (TPSA) is 20.3 Å². The zero-order chi connectivity index (χ0) is 11.7. The summed E-state index contributed by atoms with van der Waals surface area (Å²) >= 11 is 5.91. The summed E-state index contributed by atoms with van der Waals surface area (Å²) in [6.07, 6.45) is 5.97. The number of fused-ring (bicyclic) bond motifs is 2. The van der Waals surface area contributed by atoms with E-state index in [-0.39, 0.29) is 5.38 Å². The molecule has 0 aromatic carbocycles. The van der Waals surface area contributed by atoms with Crippen molar-refractivity contribution in [2.75, 3.05) is 13.6 Å². The van der Waals surface area contributed by atoms with Crippen molar-refractivity contribution in [2.45, 2.75) is 44.4 Å². The molecule has 2 nitrogen and oxygen atoms in total. The van der Waals surface area contributed by atoms with Gasteiger partial charge in [-0.2, -0.15) is 0 Å². The molecule has 2 rings (SSSR count). The minimum Gasteiger partial charge on any atom is -0.345 e. The molecule has 2 fully saturated rings. The van der Waals surface area contributed by atoms with E-state index in [1.165, 1.54) is 19.3 Å². The van der Waals surface area contributed by atoms with Crippen LogP contribution in [0.3, 0.4) is 0 Å². The smallest absolute Gasteiger partial charge is 0.225 e. The summed E-state index contributed by atoms with van der Waals surface area (Å²) in [4.78, 5) is 14.1. The second kappa shape index (κ2) is 4.95. The van der Waals surface area contributed by atoms with Crippen LogP contribution in [-0.2, 0) is 4.79 Å². The van der Waals surface area contributed by atoms with Gasteiger partial charge < -0.3 is 4.90 Å². The fourth-order valence-corrected chi connectivity index (χ4v) is 3.41. The van der Waals surface area contributed by atoms with E-state index in [2.05, 4.69) is 0 Å². The van der Waals surface area contributed by atoms with Crippen LogP contribution in [0.1, 0.15) is 39.0 Å². The van der Waals surface area contributed by atoms with Gasteiger partial charge in [0.25, 0.3) is 0 Å². The van der Waals surface area contributed by atoms with Gasteiger partial charge in [0, 0.05) is 24.9 Å². The van der Waals surface area contributed by atoms with E-state index in [0.717, 1.165) is 25.3 Å². The number of hydrogen-bond acceptors (Lipinski definition) is 1. The molecule has 0 spiro atoms. The van der Waals surface area contributed by atoms with Crippen molar-refractivity contribution in [3.8, 4) is 0 Å². The Balaban J connectivity index is 1.83. The highest BCUT2D eigenvalue weighted by atomic mass is 35.5. The van der Waals surface area contributed by atoms with E-state index >= 15 is 0 Å². The number of carbonyl (C=O) groups excluding carboxylic acids is 1. The normalized spacial score (nSPS) is 34.1. The molecule has 2 saturated carbocycles. The van der Waals surface area contributed by atoms with Gasteiger partial charge in [-0.1, -0.05) is 6.42 Å². The molecular weight excluding hydrogens is 222 g/mol. The van der Waals surface area contributed by atoms with Crippen LogP contribution in [0.5, 0.6) is 0 Å². The van der Waals surface area contributed by atoms with Crippen molar-refractivity contribution in [2.24, 2.45) is 17.8 Å². The maximum Gasteiger partial charge on any atom is 0.225 e. The van der Waals surface area contributed by atoms with Crippen molar-refractivity contribution >= 4 is 17.5 Å². The lowest BCUT2D eigenvalue weighted by atomic mass is 9.88. The third-order valence-corrected chi connectivity index (χ3v) is 4.51. The van der Waals surface area contributed by atoms with Gasteiger partial charge in [0.15, 0.2) is 0 Å². The molecule has 0 aromatic heterocycles. The fraction of sp³-hybridized carbons (Fsp3) is 0.923. The molecule has 0 saturated heterocycles. The molecule has 16 heavy (non-hydrogen) atoms. The lowest BCUT2D eigenvalue weighted by Gasteiger charge is -2.26. The third kappa shape index (κ3) is 2.53. The molecule has 2 aliphatic carbocycles. The first-order valence-electron chi connectivity index (χ1n) is 6.47. The lowest BCUT2D eigenvalue weighted by molar-refractivity contribution is -0.135. The molecule has 4 atom stereocenters. The highest BCUT2D eigenvalue weighted by molar-refractivity contribution is 6.20. The van der Waals surface area contributed by atoms with E-state index < -0.39 is 0 Å². The van der Waals surface area contributed by atoms with Crippen molar-refractivity contribution in [3.63, 3.8) is 0 Å². The van der Waals surface area contributed by atoms with Crippen LogP contribution in [0.2, 0.25) is 0 Å². The number of nitrogens with zero attached hydrogens (tertiary/aromatic N) is 1. The van der Waals surface area contributed by atoms with Crippen LogP contribution in [0, 0.1) is 17.8 Å². The van der Waals surface area contributed by atoms with Gasteiger partial charge in [0.05, 0.1) is 0 Å². The average molecular weight is 244 g/mol. The summed E-state index contributed by atoms with van der Waals surface area (Å²) in [6, 6.07) is 0. The zero-order valence-electron chi connectivity index (χ0n) is 10.3. The van der Waals surface area contributed by atoms with E-state index in [4.69, 9.17) is 11.6 Å². The standard InChI is InChI=1S/C13H22ClNO/c1-9(14)5-6-15(2)13(16)12-8-10-3-4-11(12)7-10/h9-12H,3-8H2,1-2H3. The first-order valence-corrected chi connectivity index (χ1v) is 6.90. The molecule has 3 heteroatoms. The second-order valence-corrected chi connectivity index (χ2v) is 6.36. The Bertz CT molecular complexity index is 267. The number of amides is 1. The first-order chi connectivity index (χ1) is 7.58. The van der Waals surface area contributed by atoms with Gasteiger partial charge in [-0.3, -0.25) is 4.79 Å².